The number of hydrogen-bond donors (Lipinski definition) is 0. The Kier molecular flexibility index (Phi) is 3.68. The Bertz CT molecular complexity index is 759. The highest BCUT2D eigenvalue weighted by Crippen LogP contribution is 2.43. The van der Waals surface area contributed by atoms with Crippen LogP contribution in [0.2, 0.25) is 0 Å². The molecule has 0 aliphatic carbocycles. The molecule has 6 nitrogen and oxygen atoms in total. The Morgan fingerprint density at radius 3 is 2.58 bits per heavy atom. The molecule has 24 heavy (non-hydrogen) atoms. The number of aromatic nitrogens is 2. The number of likely N-dealkylation sites (tertiary alicyclic amines) is 1. The number of amides is 2. The zero-order valence-corrected chi connectivity index (χ0v) is 14.5. The molecule has 2 saturated heterocycles. The number of carbonyl (C=O) groups is 2. The number of aryl methyl sites for hydroxylation is 1. The van der Waals surface area contributed by atoms with Crippen LogP contribution in [0.5, 0.6) is 0 Å². The van der Waals surface area contributed by atoms with Crippen molar-refractivity contribution in [3.63, 3.8) is 0 Å². The normalized spacial score (nSPS) is 20.1. The highest BCUT2D eigenvalue weighted by atomic mass is 32.1. The molecule has 0 bridgehead atoms. The van der Waals surface area contributed by atoms with Gasteiger partial charge in [0, 0.05) is 38.3 Å². The van der Waals surface area contributed by atoms with Crippen molar-refractivity contribution in [3.8, 4) is 0 Å². The highest BCUT2D eigenvalue weighted by molar-refractivity contribution is 7.08. The quantitative estimate of drug-likeness (QED) is 0.839. The second-order valence-corrected chi connectivity index (χ2v) is 7.38. The molecule has 4 rings (SSSR count). The zero-order chi connectivity index (χ0) is 16.7. The van der Waals surface area contributed by atoms with Gasteiger partial charge in [0.25, 0.3) is 5.91 Å². The minimum atomic E-state index is -0.287. The van der Waals surface area contributed by atoms with Crippen molar-refractivity contribution in [2.24, 2.45) is 12.5 Å². The maximum absolute atomic E-state index is 13.0. The Balaban J connectivity index is 1.45. The smallest absolute Gasteiger partial charge is 0.272 e. The molecule has 0 radical (unpaired) electrons. The lowest BCUT2D eigenvalue weighted by atomic mass is 9.77. The first-order valence-corrected chi connectivity index (χ1v) is 9.16. The summed E-state index contributed by atoms with van der Waals surface area (Å²) in [5.74, 6) is 0.235. The van der Waals surface area contributed by atoms with Crippen molar-refractivity contribution in [2.45, 2.75) is 19.3 Å². The van der Waals surface area contributed by atoms with Crippen LogP contribution in [-0.2, 0) is 11.8 Å². The molecule has 0 atom stereocenters. The van der Waals surface area contributed by atoms with Crippen molar-refractivity contribution in [3.05, 3.63) is 34.8 Å². The second-order valence-electron chi connectivity index (χ2n) is 6.60. The van der Waals surface area contributed by atoms with Crippen LogP contribution in [0.1, 0.15) is 29.8 Å². The summed E-state index contributed by atoms with van der Waals surface area (Å²) in [6.07, 6.45) is 4.01. The summed E-state index contributed by atoms with van der Waals surface area (Å²) in [6.45, 7) is 2.05. The summed E-state index contributed by atoms with van der Waals surface area (Å²) in [5, 5.41) is 8.09. The molecule has 0 aromatic carbocycles. The van der Waals surface area contributed by atoms with E-state index in [1.165, 1.54) is 0 Å². The molecule has 2 aromatic rings. The van der Waals surface area contributed by atoms with E-state index in [0.717, 1.165) is 31.5 Å². The summed E-state index contributed by atoms with van der Waals surface area (Å²) < 4.78 is 1.60. The second kappa shape index (κ2) is 5.73. The first-order valence-electron chi connectivity index (χ1n) is 8.22. The number of carbonyl (C=O) groups excluding carboxylic acids is 2. The van der Waals surface area contributed by atoms with Gasteiger partial charge in [-0.3, -0.25) is 14.3 Å². The van der Waals surface area contributed by atoms with Gasteiger partial charge in [0.15, 0.2) is 0 Å². The van der Waals surface area contributed by atoms with Crippen LogP contribution < -0.4 is 4.90 Å². The maximum Gasteiger partial charge on any atom is 0.272 e. The maximum atomic E-state index is 13.0. The van der Waals surface area contributed by atoms with Gasteiger partial charge in [0.2, 0.25) is 5.91 Å². The Labute approximate surface area is 144 Å². The SMILES string of the molecule is Cn1nccc1C(=O)N1CCC2(CC1)CCN(c1ccsc1)C2=O. The third-order valence-electron chi connectivity index (χ3n) is 5.38. The molecule has 1 spiro atoms. The minimum absolute atomic E-state index is 0.00462. The average Bonchev–Trinajstić information content (AvgIpc) is 3.31. The molecule has 2 aliphatic rings. The summed E-state index contributed by atoms with van der Waals surface area (Å²) in [4.78, 5) is 29.3. The molecule has 0 N–H and O–H groups in total. The lowest BCUT2D eigenvalue weighted by Crippen LogP contribution is -2.47. The number of rotatable bonds is 2. The van der Waals surface area contributed by atoms with E-state index in [0.29, 0.717) is 18.8 Å². The molecule has 126 valence electrons. The molecule has 0 saturated carbocycles. The van der Waals surface area contributed by atoms with Gasteiger partial charge in [-0.15, -0.1) is 0 Å². The Morgan fingerprint density at radius 2 is 1.96 bits per heavy atom. The molecule has 2 aliphatic heterocycles. The lowest BCUT2D eigenvalue weighted by molar-refractivity contribution is -0.127. The summed E-state index contributed by atoms with van der Waals surface area (Å²) in [5.41, 5.74) is 1.32. The first-order chi connectivity index (χ1) is 11.6. The van der Waals surface area contributed by atoms with Gasteiger partial charge in [0.1, 0.15) is 5.69 Å². The molecule has 7 heteroatoms. The van der Waals surface area contributed by atoms with Crippen LogP contribution in [0.4, 0.5) is 5.69 Å². The predicted octanol–water partition coefficient (Wildman–Crippen LogP) is 2.14. The Hall–Kier alpha value is -2.15. The lowest BCUT2D eigenvalue weighted by Gasteiger charge is -2.37. The number of hydrogen-bond acceptors (Lipinski definition) is 4. The largest absolute Gasteiger partial charge is 0.337 e. The van der Waals surface area contributed by atoms with E-state index >= 15 is 0 Å². The van der Waals surface area contributed by atoms with Crippen molar-refractivity contribution >= 4 is 28.8 Å². The van der Waals surface area contributed by atoms with E-state index < -0.39 is 0 Å². The fourth-order valence-electron chi connectivity index (χ4n) is 3.83. The van der Waals surface area contributed by atoms with Gasteiger partial charge in [-0.2, -0.15) is 16.4 Å². The fraction of sp³-hybridized carbons (Fsp3) is 0.471. The first kappa shape index (κ1) is 15.4. The van der Waals surface area contributed by atoms with Gasteiger partial charge in [-0.1, -0.05) is 0 Å². The van der Waals surface area contributed by atoms with Crippen LogP contribution in [0.3, 0.4) is 0 Å². The van der Waals surface area contributed by atoms with Crippen LogP contribution in [0, 0.1) is 5.41 Å². The molecule has 2 amide bonds. The van der Waals surface area contributed by atoms with Crippen LogP contribution in [0.15, 0.2) is 29.1 Å². The van der Waals surface area contributed by atoms with Crippen LogP contribution >= 0.6 is 11.3 Å². The van der Waals surface area contributed by atoms with Gasteiger partial charge >= 0.3 is 0 Å². The minimum Gasteiger partial charge on any atom is -0.337 e. The summed E-state index contributed by atoms with van der Waals surface area (Å²) >= 11 is 1.61. The highest BCUT2D eigenvalue weighted by Gasteiger charge is 2.49. The number of anilines is 1. The zero-order valence-electron chi connectivity index (χ0n) is 13.6. The fourth-order valence-corrected chi connectivity index (χ4v) is 4.47. The van der Waals surface area contributed by atoms with Crippen molar-refractivity contribution in [1.82, 2.24) is 14.7 Å². The van der Waals surface area contributed by atoms with Gasteiger partial charge in [0.05, 0.1) is 11.1 Å². The van der Waals surface area contributed by atoms with Crippen molar-refractivity contribution in [2.75, 3.05) is 24.5 Å². The van der Waals surface area contributed by atoms with E-state index in [-0.39, 0.29) is 17.2 Å². The van der Waals surface area contributed by atoms with E-state index in [1.54, 1.807) is 35.3 Å². The van der Waals surface area contributed by atoms with E-state index in [2.05, 4.69) is 5.10 Å². The molecular weight excluding hydrogens is 324 g/mol. The topological polar surface area (TPSA) is 58.4 Å². The third kappa shape index (κ3) is 2.34. The Morgan fingerprint density at radius 1 is 1.21 bits per heavy atom. The molecular formula is C17H20N4O2S. The van der Waals surface area contributed by atoms with Crippen molar-refractivity contribution < 1.29 is 9.59 Å². The van der Waals surface area contributed by atoms with Crippen molar-refractivity contribution in [1.29, 1.82) is 0 Å². The van der Waals surface area contributed by atoms with E-state index in [9.17, 15) is 9.59 Å². The number of nitrogens with zero attached hydrogens (tertiary/aromatic N) is 4. The summed E-state index contributed by atoms with van der Waals surface area (Å²) in [6, 6.07) is 3.74. The summed E-state index contributed by atoms with van der Waals surface area (Å²) in [7, 11) is 1.78. The van der Waals surface area contributed by atoms with Gasteiger partial charge in [-0.05, 0) is 36.8 Å². The predicted molar refractivity (Wildman–Crippen MR) is 92.1 cm³/mol. The standard InChI is InChI=1S/C17H20N4O2S/c1-19-14(2-7-18-19)15(22)20-8-4-17(5-9-20)6-10-21(16(17)23)13-3-11-24-12-13/h2-3,7,11-12H,4-6,8-10H2,1H3. The monoisotopic (exact) mass is 344 g/mol. The van der Waals surface area contributed by atoms with Gasteiger partial charge in [-0.25, -0.2) is 0 Å². The third-order valence-corrected chi connectivity index (χ3v) is 6.05. The van der Waals surface area contributed by atoms with E-state index in [4.69, 9.17) is 0 Å². The van der Waals surface area contributed by atoms with Crippen LogP contribution in [-0.4, -0.2) is 46.1 Å². The van der Waals surface area contributed by atoms with Gasteiger partial charge < -0.3 is 9.80 Å². The van der Waals surface area contributed by atoms with E-state index in [1.807, 2.05) is 26.6 Å². The molecule has 4 heterocycles. The average molecular weight is 344 g/mol. The molecule has 0 unspecified atom stereocenters. The molecule has 2 fully saturated rings. The number of piperidine rings is 1. The van der Waals surface area contributed by atoms with Crippen LogP contribution in [0.25, 0.3) is 0 Å². The molecule has 2 aromatic heterocycles. The number of thiophene rings is 1.